The van der Waals surface area contributed by atoms with Gasteiger partial charge in [-0.25, -0.2) is 0 Å². The summed E-state index contributed by atoms with van der Waals surface area (Å²) in [5, 5.41) is 2.52. The third-order valence-electron chi connectivity index (χ3n) is 4.13. The quantitative estimate of drug-likeness (QED) is 0.538. The SMILES string of the molecule is O=C1C=C2CCCCCCC=CCCC=CC=CC(=O)NC(=C1)C2=O. The van der Waals surface area contributed by atoms with E-state index in [1.165, 1.54) is 18.2 Å². The smallest absolute Gasteiger partial charge is 0.248 e. The predicted octanol–water partition coefficient (Wildman–Crippen LogP) is 3.87. The van der Waals surface area contributed by atoms with Gasteiger partial charge in [-0.3, -0.25) is 14.4 Å². The number of ketones is 2. The minimum atomic E-state index is -0.406. The molecule has 1 amide bonds. The van der Waals surface area contributed by atoms with E-state index in [1.807, 2.05) is 12.2 Å². The highest BCUT2D eigenvalue weighted by molar-refractivity contribution is 6.21. The van der Waals surface area contributed by atoms with Crippen LogP contribution in [0.3, 0.4) is 0 Å². The Kier molecular flexibility index (Phi) is 7.83. The highest BCUT2D eigenvalue weighted by Crippen LogP contribution is 2.18. The summed E-state index contributed by atoms with van der Waals surface area (Å²) < 4.78 is 0. The van der Waals surface area contributed by atoms with Crippen LogP contribution in [-0.2, 0) is 14.4 Å². The second-order valence-corrected chi connectivity index (χ2v) is 6.24. The van der Waals surface area contributed by atoms with Gasteiger partial charge in [0.05, 0.1) is 5.70 Å². The summed E-state index contributed by atoms with van der Waals surface area (Å²) in [5.41, 5.74) is 0.563. The van der Waals surface area contributed by atoms with Gasteiger partial charge in [-0.2, -0.15) is 0 Å². The van der Waals surface area contributed by atoms with E-state index in [9.17, 15) is 14.4 Å². The molecule has 1 aliphatic carbocycles. The molecule has 4 nitrogen and oxygen atoms in total. The number of rotatable bonds is 0. The normalized spacial score (nSPS) is 20.9. The van der Waals surface area contributed by atoms with E-state index in [1.54, 1.807) is 6.08 Å². The Hall–Kier alpha value is -2.49. The molecule has 2 aliphatic rings. The lowest BCUT2D eigenvalue weighted by molar-refractivity contribution is -0.119. The maximum absolute atomic E-state index is 12.4. The van der Waals surface area contributed by atoms with Crippen molar-refractivity contribution in [2.24, 2.45) is 0 Å². The van der Waals surface area contributed by atoms with Crippen LogP contribution in [0.25, 0.3) is 0 Å². The van der Waals surface area contributed by atoms with Gasteiger partial charge in [0.2, 0.25) is 11.7 Å². The Labute approximate surface area is 149 Å². The lowest BCUT2D eigenvalue weighted by Gasteiger charge is -2.13. The molecule has 0 unspecified atom stereocenters. The first-order chi connectivity index (χ1) is 12.2. The van der Waals surface area contributed by atoms with Crippen LogP contribution < -0.4 is 5.32 Å². The molecule has 4 heteroatoms. The number of hydrogen-bond donors (Lipinski definition) is 1. The average Bonchev–Trinajstić information content (AvgIpc) is 2.58. The van der Waals surface area contributed by atoms with Crippen molar-refractivity contribution >= 4 is 17.5 Å². The van der Waals surface area contributed by atoms with E-state index >= 15 is 0 Å². The Morgan fingerprint density at radius 2 is 1.52 bits per heavy atom. The molecule has 1 N–H and O–H groups in total. The zero-order valence-electron chi connectivity index (χ0n) is 14.5. The van der Waals surface area contributed by atoms with E-state index in [2.05, 4.69) is 17.5 Å². The van der Waals surface area contributed by atoms with Crippen LogP contribution in [0.4, 0.5) is 0 Å². The molecular formula is C21H25NO3. The van der Waals surface area contributed by atoms with Crippen molar-refractivity contribution < 1.29 is 14.4 Å². The van der Waals surface area contributed by atoms with E-state index in [4.69, 9.17) is 0 Å². The molecule has 2 rings (SSSR count). The average molecular weight is 339 g/mol. The number of allylic oxidation sites excluding steroid dienone is 8. The summed E-state index contributed by atoms with van der Waals surface area (Å²) in [7, 11) is 0. The molecule has 0 radical (unpaired) electrons. The fourth-order valence-electron chi connectivity index (χ4n) is 2.79. The molecule has 2 bridgehead atoms. The molecule has 0 saturated carbocycles. The van der Waals surface area contributed by atoms with Gasteiger partial charge in [0.1, 0.15) is 0 Å². The molecular weight excluding hydrogens is 314 g/mol. The van der Waals surface area contributed by atoms with Crippen LogP contribution in [0.2, 0.25) is 0 Å². The molecule has 0 saturated heterocycles. The van der Waals surface area contributed by atoms with E-state index < -0.39 is 5.91 Å². The monoisotopic (exact) mass is 339 g/mol. The second kappa shape index (κ2) is 10.4. The first-order valence-electron chi connectivity index (χ1n) is 8.97. The number of amides is 1. The van der Waals surface area contributed by atoms with Crippen molar-refractivity contribution in [3.05, 3.63) is 59.9 Å². The number of nitrogens with one attached hydrogen (secondary N) is 1. The minimum absolute atomic E-state index is 0.0724. The Balaban J connectivity index is 2.05. The van der Waals surface area contributed by atoms with Crippen LogP contribution in [0.15, 0.2) is 59.9 Å². The highest BCUT2D eigenvalue weighted by atomic mass is 16.2. The number of carbonyl (C=O) groups is 3. The number of carbonyl (C=O) groups excluding carboxylic acids is 3. The maximum Gasteiger partial charge on any atom is 0.248 e. The second-order valence-electron chi connectivity index (χ2n) is 6.24. The van der Waals surface area contributed by atoms with Gasteiger partial charge in [-0.15, -0.1) is 0 Å². The van der Waals surface area contributed by atoms with Crippen LogP contribution in [0.1, 0.15) is 51.4 Å². The van der Waals surface area contributed by atoms with Crippen molar-refractivity contribution in [2.45, 2.75) is 51.4 Å². The molecule has 0 atom stereocenters. The van der Waals surface area contributed by atoms with Gasteiger partial charge >= 0.3 is 0 Å². The summed E-state index contributed by atoms with van der Waals surface area (Å²) in [6.07, 6.45) is 21.5. The Morgan fingerprint density at radius 1 is 0.760 bits per heavy atom. The van der Waals surface area contributed by atoms with Crippen molar-refractivity contribution in [1.29, 1.82) is 0 Å². The topological polar surface area (TPSA) is 63.2 Å². The first-order valence-corrected chi connectivity index (χ1v) is 8.97. The Bertz CT molecular complexity index is 663. The summed E-state index contributed by atoms with van der Waals surface area (Å²) >= 11 is 0. The van der Waals surface area contributed by atoms with E-state index in [0.29, 0.717) is 12.0 Å². The number of Topliss-reactive ketones (excluding diaryl/α,β-unsaturated/α-hetero) is 1. The lowest BCUT2D eigenvalue weighted by Crippen LogP contribution is -2.29. The molecule has 0 fully saturated rings. The van der Waals surface area contributed by atoms with Crippen molar-refractivity contribution in [3.8, 4) is 0 Å². The molecule has 25 heavy (non-hydrogen) atoms. The fourth-order valence-corrected chi connectivity index (χ4v) is 2.79. The molecule has 1 aliphatic heterocycles. The third kappa shape index (κ3) is 6.87. The van der Waals surface area contributed by atoms with E-state index in [0.717, 1.165) is 44.9 Å². The number of fused-ring (bicyclic) bond motifs is 2. The molecule has 1 heterocycles. The zero-order valence-corrected chi connectivity index (χ0v) is 14.5. The summed E-state index contributed by atoms with van der Waals surface area (Å²) in [6.45, 7) is 0. The van der Waals surface area contributed by atoms with Gasteiger partial charge in [0.25, 0.3) is 0 Å². The largest absolute Gasteiger partial charge is 0.319 e. The van der Waals surface area contributed by atoms with Crippen molar-refractivity contribution in [2.75, 3.05) is 0 Å². The molecule has 132 valence electrons. The van der Waals surface area contributed by atoms with Crippen molar-refractivity contribution in [1.82, 2.24) is 5.32 Å². The van der Waals surface area contributed by atoms with E-state index in [-0.39, 0.29) is 17.3 Å². The summed E-state index contributed by atoms with van der Waals surface area (Å²) in [5.74, 6) is -0.904. The fraction of sp³-hybridized carbons (Fsp3) is 0.381. The van der Waals surface area contributed by atoms with Crippen LogP contribution in [0, 0.1) is 0 Å². The highest BCUT2D eigenvalue weighted by Gasteiger charge is 2.22. The molecule has 0 spiro atoms. The van der Waals surface area contributed by atoms with Gasteiger partial charge < -0.3 is 5.32 Å². The van der Waals surface area contributed by atoms with Gasteiger partial charge in [0, 0.05) is 17.7 Å². The standard InChI is InChI=1S/C21H25NO3/c23-18-15-17-13-11-9-7-5-3-1-2-4-6-8-10-12-14-20(24)22-19(16-18)21(17)25/h1-2,8,10,12,14-16H,3-7,9,11,13H2,(H,22,24). The maximum atomic E-state index is 12.4. The summed E-state index contributed by atoms with van der Waals surface area (Å²) in [6, 6.07) is 0. The molecule has 0 aromatic carbocycles. The number of hydrogen-bond acceptors (Lipinski definition) is 3. The summed E-state index contributed by atoms with van der Waals surface area (Å²) in [4.78, 5) is 36.1. The van der Waals surface area contributed by atoms with Gasteiger partial charge in [-0.05, 0) is 44.6 Å². The Morgan fingerprint density at radius 3 is 2.40 bits per heavy atom. The van der Waals surface area contributed by atoms with Crippen LogP contribution >= 0.6 is 0 Å². The molecule has 0 aromatic heterocycles. The lowest BCUT2D eigenvalue weighted by atomic mass is 9.95. The first kappa shape index (κ1) is 18.8. The zero-order chi connectivity index (χ0) is 17.9. The predicted molar refractivity (Wildman–Crippen MR) is 98.7 cm³/mol. The van der Waals surface area contributed by atoms with Crippen LogP contribution in [0.5, 0.6) is 0 Å². The third-order valence-corrected chi connectivity index (χ3v) is 4.13. The van der Waals surface area contributed by atoms with Crippen LogP contribution in [-0.4, -0.2) is 17.5 Å². The molecule has 0 aromatic rings. The van der Waals surface area contributed by atoms with Crippen molar-refractivity contribution in [3.63, 3.8) is 0 Å². The minimum Gasteiger partial charge on any atom is -0.319 e. The van der Waals surface area contributed by atoms with Gasteiger partial charge in [-0.1, -0.05) is 43.2 Å². The van der Waals surface area contributed by atoms with Gasteiger partial charge in [0.15, 0.2) is 5.78 Å².